The molecule has 5 heteroatoms. The van der Waals surface area contributed by atoms with Gasteiger partial charge in [0.1, 0.15) is 0 Å². The summed E-state index contributed by atoms with van der Waals surface area (Å²) in [5, 5.41) is 9.98. The number of nitrogens with one attached hydrogen (secondary N) is 2. The summed E-state index contributed by atoms with van der Waals surface area (Å²) < 4.78 is 2.97. The monoisotopic (exact) mass is 668 g/mol. The van der Waals surface area contributed by atoms with Crippen molar-refractivity contribution < 1.29 is 6.51 Å². The molecule has 12 heterocycles. The zero-order valence-electron chi connectivity index (χ0n) is 29.9. The summed E-state index contributed by atoms with van der Waals surface area (Å²) in [5.74, 6) is 0. The Morgan fingerprint density at radius 2 is 1.09 bits per heavy atom. The van der Waals surface area contributed by atoms with E-state index in [2.05, 4.69) is 103 Å². The molecular weight excluding hydrogens is 602 g/mol. The second-order valence-electron chi connectivity index (χ2n) is 24.4. The zero-order valence-corrected chi connectivity index (χ0v) is 33.0. The summed E-state index contributed by atoms with van der Waals surface area (Å²) >= 11 is 0. The van der Waals surface area contributed by atoms with Crippen LogP contribution in [0.4, 0.5) is 0 Å². The van der Waals surface area contributed by atoms with Crippen LogP contribution in [0.1, 0.15) is 122 Å². The van der Waals surface area contributed by atoms with Crippen molar-refractivity contribution in [2.75, 3.05) is 19.3 Å². The van der Waals surface area contributed by atoms with E-state index in [0.717, 1.165) is 17.3 Å². The molecular formula is C38H66FeN2P2. The Morgan fingerprint density at radius 3 is 1.40 bits per heavy atom. The van der Waals surface area contributed by atoms with E-state index in [1.807, 2.05) is 0 Å². The third-order valence-electron chi connectivity index (χ3n) is 24.0. The molecule has 8 unspecified atom stereocenters. The van der Waals surface area contributed by atoms with E-state index in [1.54, 1.807) is 6.16 Å². The fourth-order valence-electron chi connectivity index (χ4n) is 29.0. The van der Waals surface area contributed by atoms with Crippen molar-refractivity contribution in [2.24, 2.45) is 10.8 Å². The maximum absolute atomic E-state index is 4.41. The van der Waals surface area contributed by atoms with Crippen molar-refractivity contribution >= 4 is 17.2 Å². The number of piperidine rings is 2. The van der Waals surface area contributed by atoms with Crippen LogP contribution in [0, 0.1) is 10.8 Å². The van der Waals surface area contributed by atoms with Gasteiger partial charge < -0.3 is 0 Å². The van der Waals surface area contributed by atoms with Crippen LogP contribution < -0.4 is 10.6 Å². The molecule has 0 aliphatic carbocycles. The van der Waals surface area contributed by atoms with Crippen LogP contribution >= 0.6 is 17.2 Å². The van der Waals surface area contributed by atoms with Gasteiger partial charge in [-0.05, 0) is 0 Å². The molecule has 12 aliphatic heterocycles. The summed E-state index contributed by atoms with van der Waals surface area (Å²) in [4.78, 5) is 7.57. The van der Waals surface area contributed by atoms with Crippen molar-refractivity contribution in [3.63, 3.8) is 0 Å². The van der Waals surface area contributed by atoms with E-state index in [4.69, 9.17) is 0 Å². The second-order valence-corrected chi connectivity index (χ2v) is 51.9. The van der Waals surface area contributed by atoms with Crippen molar-refractivity contribution in [3.05, 3.63) is 0 Å². The summed E-state index contributed by atoms with van der Waals surface area (Å²) in [5.41, 5.74) is 0.928. The molecule has 0 aromatic heterocycles. The average molecular weight is 669 g/mol. The van der Waals surface area contributed by atoms with E-state index in [-0.39, 0.29) is 7.92 Å². The van der Waals surface area contributed by atoms with E-state index >= 15 is 0 Å². The van der Waals surface area contributed by atoms with E-state index in [1.165, 1.54) is 80.5 Å². The van der Waals surface area contributed by atoms with Gasteiger partial charge in [0.25, 0.3) is 0 Å². The first kappa shape index (κ1) is 27.2. The number of rotatable bonds is 5. The number of hydrogen-bond donors (Lipinski definition) is 2. The fourth-order valence-corrected chi connectivity index (χ4v) is 127. The van der Waals surface area contributed by atoms with Gasteiger partial charge >= 0.3 is 260 Å². The Labute approximate surface area is 258 Å². The zero-order chi connectivity index (χ0) is 30.8. The molecule has 12 fully saturated rings. The van der Waals surface area contributed by atoms with Gasteiger partial charge in [-0.2, -0.15) is 0 Å². The predicted molar refractivity (Wildman–Crippen MR) is 187 cm³/mol. The third kappa shape index (κ3) is 0.685. The molecule has 12 rings (SSSR count). The van der Waals surface area contributed by atoms with Crippen molar-refractivity contribution in [3.8, 4) is 0 Å². The molecule has 0 aromatic rings. The standard InChI is InChI=1S/C33H61N2P2.C5H5.Fe/c1-29(2,3)25-21-24(33(36,26-17-13-15-19-34-26)27-18-14-16-20-35-27)23(28(25)30(4,5)6)22-37(31(7,8)9)32(10,11)12;1-2-4-5-3-1;/h21,26-27,34-35H,13-20,22,36H2,1-12H3;1-5H;. The minimum absolute atomic E-state index is 0.115. The SMILES string of the molecule is CC(C)(C)P(C[C]12[C]3(C(P)(C4CCCCN4)C4CCCCN4)[CH]4[C]5(C(C)(C)C)[C]1(C(C)(C)C)[Fe]42351678[CH]2[CH]1[CH]6[CH]7[CH]28)C(C)(C)C. The first-order chi connectivity index (χ1) is 19.5. The van der Waals surface area contributed by atoms with Gasteiger partial charge in [-0.15, -0.1) is 0 Å². The van der Waals surface area contributed by atoms with Crippen LogP contribution in [0.5, 0.6) is 0 Å². The summed E-state index contributed by atoms with van der Waals surface area (Å²) in [6, 6.07) is 1.42. The Morgan fingerprint density at radius 1 is 0.651 bits per heavy atom. The van der Waals surface area contributed by atoms with Gasteiger partial charge in [0.2, 0.25) is 0 Å². The summed E-state index contributed by atoms with van der Waals surface area (Å²) in [7, 11) is 3.88. The molecule has 0 amide bonds. The molecule has 0 saturated carbocycles. The van der Waals surface area contributed by atoms with Gasteiger partial charge in [0, 0.05) is 0 Å². The van der Waals surface area contributed by atoms with Gasteiger partial charge in [0.05, 0.1) is 0 Å². The van der Waals surface area contributed by atoms with Crippen molar-refractivity contribution in [2.45, 2.75) is 195 Å². The van der Waals surface area contributed by atoms with E-state index in [0.29, 0.717) is 38.4 Å². The van der Waals surface area contributed by atoms with Crippen LogP contribution in [0.2, 0.25) is 46.2 Å². The van der Waals surface area contributed by atoms with Gasteiger partial charge in [0.15, 0.2) is 0 Å². The van der Waals surface area contributed by atoms with E-state index < -0.39 is 6.51 Å². The minimum atomic E-state index is -4.41. The molecule has 12 aliphatic rings. The molecule has 1 spiro atoms. The average Bonchev–Trinajstić information content (AvgIpc) is 3.84. The topological polar surface area (TPSA) is 24.1 Å². The van der Waals surface area contributed by atoms with Crippen molar-refractivity contribution in [1.29, 1.82) is 0 Å². The summed E-state index contributed by atoms with van der Waals surface area (Å²) in [6.45, 7) is 31.1. The molecule has 43 heavy (non-hydrogen) atoms. The van der Waals surface area contributed by atoms with E-state index in [9.17, 15) is 0 Å². The summed E-state index contributed by atoms with van der Waals surface area (Å²) in [6.07, 6.45) is 10.2. The number of hydrogen-bond acceptors (Lipinski definition) is 2. The molecule has 0 aromatic carbocycles. The molecule has 2 nitrogen and oxygen atoms in total. The first-order valence-corrected chi connectivity index (χ1v) is 26.9. The molecule has 8 atom stereocenters. The number of fused-ring (bicyclic) bond motifs is 10. The van der Waals surface area contributed by atoms with Crippen LogP contribution in [-0.4, -0.2) is 46.8 Å². The van der Waals surface area contributed by atoms with Crippen LogP contribution in [0.15, 0.2) is 0 Å². The Hall–Kier alpha value is 1.30. The molecule has 12 saturated heterocycles. The Kier molecular flexibility index (Phi) is 2.56. The van der Waals surface area contributed by atoms with Crippen molar-refractivity contribution in [1.82, 2.24) is 10.6 Å². The predicted octanol–water partition coefficient (Wildman–Crippen LogP) is 10.9. The normalized spacial score (nSPS) is 70.7. The fraction of sp³-hybridized carbons (Fsp3) is 1.00. The Balaban J connectivity index is 1.23. The maximum atomic E-state index is 4.39. The van der Waals surface area contributed by atoms with Crippen LogP contribution in [-0.2, 0) is 6.51 Å². The molecule has 0 radical (unpaired) electrons. The molecule has 2 N–H and O–H groups in total. The van der Waals surface area contributed by atoms with Crippen LogP contribution in [0.25, 0.3) is 0 Å². The first-order valence-electron chi connectivity index (χ1n) is 18.8. The van der Waals surface area contributed by atoms with Gasteiger partial charge in [-0.1, -0.05) is 0 Å². The van der Waals surface area contributed by atoms with Gasteiger partial charge in [-0.25, -0.2) is 0 Å². The van der Waals surface area contributed by atoms with Gasteiger partial charge in [-0.3, -0.25) is 0 Å². The third-order valence-corrected chi connectivity index (χ3v) is 75.3. The Bertz CT molecular complexity index is 1750. The molecule has 0 bridgehead atoms. The second kappa shape index (κ2) is 4.05. The molecule has 246 valence electrons. The van der Waals surface area contributed by atoms with Crippen LogP contribution in [0.3, 0.4) is 0 Å². The quantitative estimate of drug-likeness (QED) is 0.225.